The summed E-state index contributed by atoms with van der Waals surface area (Å²) in [6, 6.07) is -1.12. The maximum Gasteiger partial charge on any atom is 0.322 e. The topological polar surface area (TPSA) is 131 Å². The molecule has 1 aromatic rings. The van der Waals surface area contributed by atoms with Crippen LogP contribution in [0.1, 0.15) is 10.5 Å². The molecule has 1 heterocycles. The molecule has 15 heavy (non-hydrogen) atoms. The fraction of sp³-hybridized carbons (Fsp3) is 0.286. The zero-order valence-corrected chi connectivity index (χ0v) is 8.45. The van der Waals surface area contributed by atoms with Crippen LogP contribution < -0.4 is 16.8 Å². The van der Waals surface area contributed by atoms with E-state index >= 15 is 0 Å². The highest BCUT2D eigenvalue weighted by atomic mass is 32.1. The van der Waals surface area contributed by atoms with Crippen molar-refractivity contribution in [1.29, 1.82) is 0 Å². The lowest BCUT2D eigenvalue weighted by Crippen LogP contribution is -2.42. The number of aliphatic carboxylic acids is 1. The third kappa shape index (κ3) is 3.18. The van der Waals surface area contributed by atoms with Gasteiger partial charge in [-0.05, 0) is 0 Å². The molecule has 0 radical (unpaired) electrons. The van der Waals surface area contributed by atoms with E-state index in [-0.39, 0.29) is 17.4 Å². The number of hydrogen-bond acceptors (Lipinski definition) is 6. The highest BCUT2D eigenvalue weighted by Gasteiger charge is 2.14. The number of carbonyl (C=O) groups is 2. The van der Waals surface area contributed by atoms with Crippen LogP contribution in [0.4, 0.5) is 5.13 Å². The van der Waals surface area contributed by atoms with E-state index < -0.39 is 17.9 Å². The molecule has 1 atom stereocenters. The minimum atomic E-state index is -1.17. The molecule has 1 amide bonds. The molecule has 0 aliphatic carbocycles. The van der Waals surface area contributed by atoms with Crippen LogP contribution >= 0.6 is 11.3 Å². The first-order chi connectivity index (χ1) is 7.00. The van der Waals surface area contributed by atoms with Gasteiger partial charge in [-0.15, -0.1) is 11.3 Å². The molecule has 0 saturated heterocycles. The number of carboxylic acid groups (broad SMARTS) is 1. The summed E-state index contributed by atoms with van der Waals surface area (Å²) < 4.78 is 0. The predicted octanol–water partition coefficient (Wildman–Crippen LogP) is -1.13. The van der Waals surface area contributed by atoms with E-state index in [1.807, 2.05) is 0 Å². The van der Waals surface area contributed by atoms with Gasteiger partial charge in [0.15, 0.2) is 5.13 Å². The molecule has 6 N–H and O–H groups in total. The fourth-order valence-corrected chi connectivity index (χ4v) is 1.32. The van der Waals surface area contributed by atoms with E-state index in [1.165, 1.54) is 5.38 Å². The number of carboxylic acids is 1. The maximum atomic E-state index is 11.3. The molecule has 0 spiro atoms. The first kappa shape index (κ1) is 11.4. The summed E-state index contributed by atoms with van der Waals surface area (Å²) >= 11 is 1.13. The van der Waals surface area contributed by atoms with Crippen LogP contribution in [0.3, 0.4) is 0 Å². The lowest BCUT2D eigenvalue weighted by atomic mass is 10.3. The number of carbonyl (C=O) groups excluding carboxylic acids is 1. The number of rotatable bonds is 4. The minimum absolute atomic E-state index is 0.147. The molecule has 0 aliphatic heterocycles. The Morgan fingerprint density at radius 2 is 2.33 bits per heavy atom. The van der Waals surface area contributed by atoms with Gasteiger partial charge in [0, 0.05) is 11.9 Å². The van der Waals surface area contributed by atoms with Gasteiger partial charge in [-0.25, -0.2) is 4.98 Å². The number of nitrogen functional groups attached to an aromatic ring is 1. The van der Waals surface area contributed by atoms with Crippen LogP contribution in [-0.4, -0.2) is 34.6 Å². The Kier molecular flexibility index (Phi) is 3.58. The Labute approximate surface area is 89.1 Å². The molecule has 82 valence electrons. The number of nitrogens with zero attached hydrogens (tertiary/aromatic N) is 1. The lowest BCUT2D eigenvalue weighted by Gasteiger charge is -2.06. The summed E-state index contributed by atoms with van der Waals surface area (Å²) in [5, 5.41) is 12.6. The summed E-state index contributed by atoms with van der Waals surface area (Å²) in [6.07, 6.45) is 0. The molecule has 8 heteroatoms. The summed E-state index contributed by atoms with van der Waals surface area (Å²) in [6.45, 7) is -0.147. The van der Waals surface area contributed by atoms with Crippen molar-refractivity contribution in [3.05, 3.63) is 11.1 Å². The van der Waals surface area contributed by atoms with Crippen molar-refractivity contribution in [2.75, 3.05) is 12.3 Å². The number of amides is 1. The van der Waals surface area contributed by atoms with E-state index in [9.17, 15) is 9.59 Å². The monoisotopic (exact) mass is 230 g/mol. The Bertz CT molecular complexity index is 378. The van der Waals surface area contributed by atoms with Crippen molar-refractivity contribution in [3.8, 4) is 0 Å². The lowest BCUT2D eigenvalue weighted by molar-refractivity contribution is -0.138. The molecular formula is C7H10N4O3S. The van der Waals surface area contributed by atoms with Crippen molar-refractivity contribution in [2.24, 2.45) is 5.73 Å². The average molecular weight is 230 g/mol. The standard InChI is InChI=1S/C7H10N4O3S/c8-3(6(13)14)1-10-5(12)4-2-15-7(9)11-4/h2-3H,1,8H2,(H2,9,11)(H,10,12)(H,13,14). The predicted molar refractivity (Wildman–Crippen MR) is 54.5 cm³/mol. The van der Waals surface area contributed by atoms with E-state index in [2.05, 4.69) is 10.3 Å². The maximum absolute atomic E-state index is 11.3. The molecule has 1 aromatic heterocycles. The van der Waals surface area contributed by atoms with Crippen molar-refractivity contribution < 1.29 is 14.7 Å². The normalized spacial score (nSPS) is 12.1. The van der Waals surface area contributed by atoms with Crippen LogP contribution in [0.5, 0.6) is 0 Å². The summed E-state index contributed by atoms with van der Waals surface area (Å²) in [4.78, 5) is 25.4. The summed E-state index contributed by atoms with van der Waals surface area (Å²) in [5.41, 5.74) is 10.7. The molecule has 0 saturated carbocycles. The van der Waals surface area contributed by atoms with Gasteiger partial charge in [0.2, 0.25) is 0 Å². The first-order valence-electron chi connectivity index (χ1n) is 3.98. The van der Waals surface area contributed by atoms with Crippen LogP contribution in [0.25, 0.3) is 0 Å². The van der Waals surface area contributed by atoms with E-state index in [0.29, 0.717) is 0 Å². The second-order valence-electron chi connectivity index (χ2n) is 2.73. The smallest absolute Gasteiger partial charge is 0.322 e. The SMILES string of the molecule is Nc1nc(C(=O)NCC(N)C(=O)O)cs1. The van der Waals surface area contributed by atoms with Gasteiger partial charge in [0.25, 0.3) is 5.91 Å². The quantitative estimate of drug-likeness (QED) is 0.517. The first-order valence-corrected chi connectivity index (χ1v) is 4.86. The van der Waals surface area contributed by atoms with Crippen LogP contribution in [0.2, 0.25) is 0 Å². The molecule has 0 fully saturated rings. The summed E-state index contributed by atoms with van der Waals surface area (Å²) in [5.74, 6) is -1.66. The Balaban J connectivity index is 2.47. The number of nitrogens with two attached hydrogens (primary N) is 2. The zero-order chi connectivity index (χ0) is 11.4. The number of hydrogen-bond donors (Lipinski definition) is 4. The van der Waals surface area contributed by atoms with Gasteiger partial charge < -0.3 is 21.9 Å². The molecule has 0 bridgehead atoms. The third-order valence-corrected chi connectivity index (χ3v) is 2.23. The Morgan fingerprint density at radius 1 is 1.67 bits per heavy atom. The van der Waals surface area contributed by atoms with Gasteiger partial charge in [-0.2, -0.15) is 0 Å². The average Bonchev–Trinajstić information content (AvgIpc) is 2.60. The van der Waals surface area contributed by atoms with Crippen LogP contribution in [0, 0.1) is 0 Å². The second-order valence-corrected chi connectivity index (χ2v) is 3.62. The van der Waals surface area contributed by atoms with Gasteiger partial charge in [0.1, 0.15) is 11.7 Å². The van der Waals surface area contributed by atoms with E-state index in [4.69, 9.17) is 16.6 Å². The van der Waals surface area contributed by atoms with E-state index in [1.54, 1.807) is 0 Å². The molecule has 0 aromatic carbocycles. The largest absolute Gasteiger partial charge is 0.480 e. The summed E-state index contributed by atoms with van der Waals surface area (Å²) in [7, 11) is 0. The molecule has 1 unspecified atom stereocenters. The van der Waals surface area contributed by atoms with Gasteiger partial charge in [0.05, 0.1) is 0 Å². The highest BCUT2D eigenvalue weighted by molar-refractivity contribution is 7.13. The number of thiazole rings is 1. The zero-order valence-electron chi connectivity index (χ0n) is 7.64. The fourth-order valence-electron chi connectivity index (χ4n) is 0.772. The highest BCUT2D eigenvalue weighted by Crippen LogP contribution is 2.10. The van der Waals surface area contributed by atoms with Crippen LogP contribution in [0.15, 0.2) is 5.38 Å². The van der Waals surface area contributed by atoms with Gasteiger partial charge in [-0.3, -0.25) is 9.59 Å². The second kappa shape index (κ2) is 4.71. The van der Waals surface area contributed by atoms with Gasteiger partial charge in [-0.1, -0.05) is 0 Å². The van der Waals surface area contributed by atoms with E-state index in [0.717, 1.165) is 11.3 Å². The van der Waals surface area contributed by atoms with Gasteiger partial charge >= 0.3 is 5.97 Å². The molecule has 1 rings (SSSR count). The Morgan fingerprint density at radius 3 is 2.80 bits per heavy atom. The van der Waals surface area contributed by atoms with Crippen molar-refractivity contribution in [3.63, 3.8) is 0 Å². The minimum Gasteiger partial charge on any atom is -0.480 e. The van der Waals surface area contributed by atoms with Crippen molar-refractivity contribution in [1.82, 2.24) is 10.3 Å². The van der Waals surface area contributed by atoms with Crippen LogP contribution in [-0.2, 0) is 4.79 Å². The van der Waals surface area contributed by atoms with Crippen molar-refractivity contribution >= 4 is 28.3 Å². The molecule has 7 nitrogen and oxygen atoms in total. The molecular weight excluding hydrogens is 220 g/mol. The van der Waals surface area contributed by atoms with Crippen molar-refractivity contribution in [2.45, 2.75) is 6.04 Å². The Hall–Kier alpha value is -1.67. The number of anilines is 1. The third-order valence-electron chi connectivity index (χ3n) is 1.55. The number of nitrogens with one attached hydrogen (secondary N) is 1. The molecule has 0 aliphatic rings. The number of aromatic nitrogens is 1.